The molecular formula is C21H26N4O2. The van der Waals surface area contributed by atoms with Gasteiger partial charge in [0.25, 0.3) is 5.91 Å². The summed E-state index contributed by atoms with van der Waals surface area (Å²) < 4.78 is 6.55. The van der Waals surface area contributed by atoms with E-state index in [1.165, 1.54) is 0 Å². The molecule has 6 heteroatoms. The number of carbonyl (C=O) groups excluding carboxylic acids is 1. The van der Waals surface area contributed by atoms with Gasteiger partial charge in [0.2, 0.25) is 0 Å². The molecule has 2 aliphatic heterocycles. The predicted octanol–water partition coefficient (Wildman–Crippen LogP) is 2.46. The van der Waals surface area contributed by atoms with Gasteiger partial charge in [0, 0.05) is 36.6 Å². The number of carbonyl (C=O) groups is 1. The van der Waals surface area contributed by atoms with E-state index >= 15 is 0 Å². The number of benzene rings is 1. The lowest BCUT2D eigenvalue weighted by Gasteiger charge is -2.35. The minimum Gasteiger partial charge on any atom is -0.399 e. The zero-order valence-corrected chi connectivity index (χ0v) is 15.9. The first kappa shape index (κ1) is 17.9. The molecule has 1 amide bonds. The van der Waals surface area contributed by atoms with E-state index < -0.39 is 11.7 Å². The van der Waals surface area contributed by atoms with Crippen LogP contribution in [0.3, 0.4) is 0 Å². The Kier molecular flexibility index (Phi) is 4.61. The number of anilines is 1. The number of nitrogens with zero attached hydrogens (tertiary/aromatic N) is 2. The summed E-state index contributed by atoms with van der Waals surface area (Å²) >= 11 is 0. The summed E-state index contributed by atoms with van der Waals surface area (Å²) in [7, 11) is 1.82. The summed E-state index contributed by atoms with van der Waals surface area (Å²) in [5, 5.41) is 3.39. The Morgan fingerprint density at radius 2 is 2.15 bits per heavy atom. The fraction of sp³-hybridized carbons (Fsp3) is 0.429. The monoisotopic (exact) mass is 366 g/mol. The lowest BCUT2D eigenvalue weighted by Crippen LogP contribution is -2.41. The van der Waals surface area contributed by atoms with Crippen LogP contribution in [-0.2, 0) is 15.1 Å². The van der Waals surface area contributed by atoms with Gasteiger partial charge in [-0.05, 0) is 50.6 Å². The topological polar surface area (TPSA) is 80.5 Å². The van der Waals surface area contributed by atoms with E-state index in [1.54, 1.807) is 17.2 Å². The number of rotatable bonds is 3. The van der Waals surface area contributed by atoms with Crippen LogP contribution in [0.4, 0.5) is 5.69 Å². The van der Waals surface area contributed by atoms with Gasteiger partial charge in [-0.15, -0.1) is 0 Å². The second kappa shape index (κ2) is 6.94. The van der Waals surface area contributed by atoms with Crippen LogP contribution < -0.4 is 11.1 Å². The highest BCUT2D eigenvalue weighted by Crippen LogP contribution is 2.51. The molecule has 2 aliphatic rings. The highest BCUT2D eigenvalue weighted by Gasteiger charge is 2.49. The molecule has 1 spiro atoms. The van der Waals surface area contributed by atoms with Crippen molar-refractivity contribution < 1.29 is 9.53 Å². The molecule has 27 heavy (non-hydrogen) atoms. The summed E-state index contributed by atoms with van der Waals surface area (Å²) in [6, 6.07) is 9.77. The lowest BCUT2D eigenvalue weighted by molar-refractivity contribution is -0.156. The van der Waals surface area contributed by atoms with E-state index in [1.807, 2.05) is 32.2 Å². The van der Waals surface area contributed by atoms with Crippen LogP contribution in [0.2, 0.25) is 0 Å². The molecule has 0 radical (unpaired) electrons. The molecule has 1 atom stereocenters. The minimum absolute atomic E-state index is 0.00879. The lowest BCUT2D eigenvalue weighted by atomic mass is 9.82. The molecule has 0 aliphatic carbocycles. The van der Waals surface area contributed by atoms with Gasteiger partial charge in [-0.2, -0.15) is 0 Å². The zero-order chi connectivity index (χ0) is 19.0. The molecule has 1 fully saturated rings. The number of fused-ring (bicyclic) bond motifs is 2. The Hall–Kier alpha value is -2.44. The molecule has 1 saturated heterocycles. The number of hydrogen-bond acceptors (Lipinski definition) is 5. The quantitative estimate of drug-likeness (QED) is 0.872. The van der Waals surface area contributed by atoms with Gasteiger partial charge in [0.1, 0.15) is 0 Å². The highest BCUT2D eigenvalue weighted by molar-refractivity contribution is 5.87. The number of pyridine rings is 1. The molecule has 3 N–H and O–H groups in total. The molecule has 142 valence electrons. The smallest absolute Gasteiger partial charge is 0.256 e. The van der Waals surface area contributed by atoms with E-state index in [4.69, 9.17) is 10.5 Å². The highest BCUT2D eigenvalue weighted by atomic mass is 16.5. The number of nitrogen functional groups attached to an aromatic ring is 1. The Balaban J connectivity index is 1.89. The Morgan fingerprint density at radius 1 is 1.37 bits per heavy atom. The van der Waals surface area contributed by atoms with Crippen molar-refractivity contribution in [2.24, 2.45) is 0 Å². The standard InChI is InChI=1S/C21H26N4O2/c1-3-25(2)20(26)19-18-15(17-13-14(22)7-10-24-17)5-4-6-16(18)21(27-19)8-11-23-12-9-21/h4-7,10,13,19,23H,3,8-9,11-12H2,1-2H3,(H2,22,24). The number of nitrogens with one attached hydrogen (secondary N) is 1. The maximum absolute atomic E-state index is 13.2. The molecular weight excluding hydrogens is 340 g/mol. The number of likely N-dealkylation sites (N-methyl/N-ethyl adjacent to an activating group) is 1. The molecule has 4 rings (SSSR count). The zero-order valence-electron chi connectivity index (χ0n) is 15.9. The molecule has 2 aromatic rings. The van der Waals surface area contributed by atoms with Gasteiger partial charge < -0.3 is 20.7 Å². The van der Waals surface area contributed by atoms with Crippen molar-refractivity contribution in [3.63, 3.8) is 0 Å². The number of ether oxygens (including phenoxy) is 1. The molecule has 0 saturated carbocycles. The molecule has 6 nitrogen and oxygen atoms in total. The first-order valence-corrected chi connectivity index (χ1v) is 9.54. The Labute approximate surface area is 159 Å². The summed E-state index contributed by atoms with van der Waals surface area (Å²) in [6.45, 7) is 4.37. The van der Waals surface area contributed by atoms with E-state index in [2.05, 4.69) is 16.4 Å². The maximum Gasteiger partial charge on any atom is 0.256 e. The van der Waals surface area contributed by atoms with Gasteiger partial charge in [-0.3, -0.25) is 9.78 Å². The third-order valence-corrected chi connectivity index (χ3v) is 5.75. The predicted molar refractivity (Wildman–Crippen MR) is 105 cm³/mol. The Bertz CT molecular complexity index is 861. The first-order valence-electron chi connectivity index (χ1n) is 9.54. The van der Waals surface area contributed by atoms with Crippen LogP contribution in [0, 0.1) is 0 Å². The van der Waals surface area contributed by atoms with E-state index in [-0.39, 0.29) is 5.91 Å². The summed E-state index contributed by atoms with van der Waals surface area (Å²) in [5.41, 5.74) is 10.0. The van der Waals surface area contributed by atoms with Crippen molar-refractivity contribution in [3.8, 4) is 11.3 Å². The van der Waals surface area contributed by atoms with Crippen LogP contribution in [0.15, 0.2) is 36.5 Å². The average Bonchev–Trinajstić information content (AvgIpc) is 3.01. The SMILES string of the molecule is CCN(C)C(=O)C1OC2(CCNCC2)c2cccc(-c3cc(N)ccn3)c21. The molecule has 1 unspecified atom stereocenters. The van der Waals surface area contributed by atoms with E-state index in [0.717, 1.165) is 48.3 Å². The first-order chi connectivity index (χ1) is 13.1. The van der Waals surface area contributed by atoms with Crippen molar-refractivity contribution in [1.82, 2.24) is 15.2 Å². The van der Waals surface area contributed by atoms with Gasteiger partial charge in [-0.1, -0.05) is 18.2 Å². The van der Waals surface area contributed by atoms with E-state index in [9.17, 15) is 4.79 Å². The van der Waals surface area contributed by atoms with Gasteiger partial charge >= 0.3 is 0 Å². The number of amides is 1. The van der Waals surface area contributed by atoms with Crippen LogP contribution in [0.5, 0.6) is 0 Å². The molecule has 3 heterocycles. The minimum atomic E-state index is -0.609. The third-order valence-electron chi connectivity index (χ3n) is 5.75. The molecule has 1 aromatic heterocycles. The van der Waals surface area contributed by atoms with Crippen LogP contribution in [0.25, 0.3) is 11.3 Å². The Morgan fingerprint density at radius 3 is 2.85 bits per heavy atom. The van der Waals surface area contributed by atoms with Crippen molar-refractivity contribution in [3.05, 3.63) is 47.7 Å². The van der Waals surface area contributed by atoms with Gasteiger partial charge in [0.05, 0.1) is 11.3 Å². The van der Waals surface area contributed by atoms with Crippen molar-refractivity contribution >= 4 is 11.6 Å². The van der Waals surface area contributed by atoms with Gasteiger partial charge in [-0.25, -0.2) is 0 Å². The number of piperidine rings is 1. The summed E-state index contributed by atoms with van der Waals surface area (Å²) in [5.74, 6) is -0.00879. The van der Waals surface area contributed by atoms with Crippen LogP contribution in [0.1, 0.15) is 37.0 Å². The number of nitrogens with two attached hydrogens (primary N) is 1. The average molecular weight is 366 g/mol. The fourth-order valence-electron chi connectivity index (χ4n) is 4.16. The fourth-order valence-corrected chi connectivity index (χ4v) is 4.16. The largest absolute Gasteiger partial charge is 0.399 e. The molecule has 1 aromatic carbocycles. The molecule has 0 bridgehead atoms. The third kappa shape index (κ3) is 2.99. The second-order valence-corrected chi connectivity index (χ2v) is 7.34. The normalized spacial score (nSPS) is 20.4. The summed E-state index contributed by atoms with van der Waals surface area (Å²) in [6.07, 6.45) is 2.80. The van der Waals surface area contributed by atoms with Crippen LogP contribution in [-0.4, -0.2) is 42.5 Å². The summed E-state index contributed by atoms with van der Waals surface area (Å²) in [4.78, 5) is 19.4. The second-order valence-electron chi connectivity index (χ2n) is 7.34. The van der Waals surface area contributed by atoms with Gasteiger partial charge in [0.15, 0.2) is 6.10 Å². The van der Waals surface area contributed by atoms with Crippen molar-refractivity contribution in [2.45, 2.75) is 31.5 Å². The number of aromatic nitrogens is 1. The van der Waals surface area contributed by atoms with Crippen molar-refractivity contribution in [1.29, 1.82) is 0 Å². The maximum atomic E-state index is 13.2. The van der Waals surface area contributed by atoms with Crippen molar-refractivity contribution in [2.75, 3.05) is 32.4 Å². The van der Waals surface area contributed by atoms with E-state index in [0.29, 0.717) is 12.2 Å². The number of hydrogen-bond donors (Lipinski definition) is 2. The van der Waals surface area contributed by atoms with Crippen LogP contribution >= 0.6 is 0 Å².